The van der Waals surface area contributed by atoms with Gasteiger partial charge in [-0.05, 0) is 34.7 Å². The number of fused-ring (bicyclic) bond motifs is 4. The second-order valence-electron chi connectivity index (χ2n) is 8.14. The topological polar surface area (TPSA) is 38.7 Å². The highest BCUT2D eigenvalue weighted by Crippen LogP contribution is 2.46. The maximum Gasteiger partial charge on any atom is 0.160 e. The predicted octanol–water partition coefficient (Wildman–Crippen LogP) is 7.16. The lowest BCUT2D eigenvalue weighted by Gasteiger charge is -2.08. The standard InChI is InChI=1S/C29H17N3/c1-2-8-21-17-30-26(16-18(21)7-1)19-9-5-10-20(15-19)29-31-25-14-6-13-23-22-11-3-4-12-24(22)28(32-29)27(23)25/h1-17H. The van der Waals surface area contributed by atoms with Crippen LogP contribution in [-0.4, -0.2) is 15.0 Å². The minimum atomic E-state index is 0.740. The Morgan fingerprint density at radius 1 is 0.531 bits per heavy atom. The highest BCUT2D eigenvalue weighted by Gasteiger charge is 2.23. The van der Waals surface area contributed by atoms with Crippen molar-refractivity contribution in [2.75, 3.05) is 0 Å². The van der Waals surface area contributed by atoms with Gasteiger partial charge in [0.1, 0.15) is 0 Å². The number of benzene rings is 4. The third kappa shape index (κ3) is 2.51. The van der Waals surface area contributed by atoms with Crippen LogP contribution in [0.2, 0.25) is 0 Å². The monoisotopic (exact) mass is 407 g/mol. The van der Waals surface area contributed by atoms with Crippen molar-refractivity contribution in [2.45, 2.75) is 0 Å². The molecule has 1 aliphatic carbocycles. The maximum atomic E-state index is 5.04. The molecule has 6 aromatic rings. The van der Waals surface area contributed by atoms with Crippen molar-refractivity contribution >= 4 is 21.7 Å². The quantitative estimate of drug-likeness (QED) is 0.305. The van der Waals surface area contributed by atoms with Crippen molar-refractivity contribution in [3.8, 4) is 45.0 Å². The second kappa shape index (κ2) is 6.56. The fourth-order valence-electron chi connectivity index (χ4n) is 4.72. The molecule has 32 heavy (non-hydrogen) atoms. The van der Waals surface area contributed by atoms with Crippen LogP contribution in [0.25, 0.3) is 66.7 Å². The van der Waals surface area contributed by atoms with E-state index in [9.17, 15) is 0 Å². The Labute approximate surface area is 185 Å². The van der Waals surface area contributed by atoms with E-state index >= 15 is 0 Å². The lowest BCUT2D eigenvalue weighted by molar-refractivity contribution is 1.23. The molecule has 0 atom stereocenters. The molecule has 0 aliphatic heterocycles. The van der Waals surface area contributed by atoms with Crippen LogP contribution < -0.4 is 0 Å². The fourth-order valence-corrected chi connectivity index (χ4v) is 4.72. The van der Waals surface area contributed by atoms with Crippen LogP contribution in [0.4, 0.5) is 0 Å². The molecule has 0 saturated heterocycles. The maximum absolute atomic E-state index is 5.04. The van der Waals surface area contributed by atoms with Crippen molar-refractivity contribution in [1.29, 1.82) is 0 Å². The minimum absolute atomic E-state index is 0.740. The minimum Gasteiger partial charge on any atom is -0.256 e. The average molecular weight is 407 g/mol. The van der Waals surface area contributed by atoms with Gasteiger partial charge in [-0.1, -0.05) is 78.9 Å². The van der Waals surface area contributed by atoms with E-state index in [0.29, 0.717) is 0 Å². The summed E-state index contributed by atoms with van der Waals surface area (Å²) < 4.78 is 0. The van der Waals surface area contributed by atoms with Gasteiger partial charge >= 0.3 is 0 Å². The third-order valence-electron chi connectivity index (χ3n) is 6.24. The van der Waals surface area contributed by atoms with E-state index in [1.165, 1.54) is 22.1 Å². The van der Waals surface area contributed by atoms with Crippen LogP contribution >= 0.6 is 0 Å². The zero-order valence-electron chi connectivity index (χ0n) is 17.2. The summed E-state index contributed by atoms with van der Waals surface area (Å²) in [7, 11) is 0. The van der Waals surface area contributed by atoms with Crippen molar-refractivity contribution in [1.82, 2.24) is 15.0 Å². The van der Waals surface area contributed by atoms with E-state index in [1.54, 1.807) is 0 Å². The van der Waals surface area contributed by atoms with Gasteiger partial charge in [0.05, 0.1) is 16.9 Å². The van der Waals surface area contributed by atoms with Crippen molar-refractivity contribution in [2.24, 2.45) is 0 Å². The third-order valence-corrected chi connectivity index (χ3v) is 6.24. The van der Waals surface area contributed by atoms with Crippen molar-refractivity contribution in [3.63, 3.8) is 0 Å². The molecule has 0 spiro atoms. The fraction of sp³-hybridized carbons (Fsp3) is 0. The summed E-state index contributed by atoms with van der Waals surface area (Å²) in [6.45, 7) is 0. The molecule has 148 valence electrons. The summed E-state index contributed by atoms with van der Waals surface area (Å²) in [5.41, 5.74) is 8.62. The summed E-state index contributed by atoms with van der Waals surface area (Å²) in [6, 6.07) is 33.6. The number of hydrogen-bond acceptors (Lipinski definition) is 3. The first-order valence-electron chi connectivity index (χ1n) is 10.7. The summed E-state index contributed by atoms with van der Waals surface area (Å²) in [5, 5.41) is 3.47. The SMILES string of the molecule is c1cc(-c2cc3ccccc3cn2)cc(-c2nc3c4c(cccc4n2)-c2ccccc2-3)c1. The van der Waals surface area contributed by atoms with Crippen LogP contribution in [0.1, 0.15) is 0 Å². The Morgan fingerprint density at radius 3 is 2.22 bits per heavy atom. The lowest BCUT2D eigenvalue weighted by atomic mass is 10.0. The van der Waals surface area contributed by atoms with E-state index < -0.39 is 0 Å². The number of rotatable bonds is 2. The van der Waals surface area contributed by atoms with E-state index in [0.717, 1.165) is 44.6 Å². The Balaban J connectivity index is 1.40. The molecule has 0 saturated carbocycles. The van der Waals surface area contributed by atoms with Gasteiger partial charge < -0.3 is 0 Å². The van der Waals surface area contributed by atoms with Gasteiger partial charge in [-0.15, -0.1) is 0 Å². The molecule has 0 unspecified atom stereocenters. The Bertz CT molecular complexity index is 1680. The molecule has 0 fully saturated rings. The van der Waals surface area contributed by atoms with Crippen molar-refractivity contribution < 1.29 is 0 Å². The molecule has 2 aromatic heterocycles. The van der Waals surface area contributed by atoms with Crippen LogP contribution in [0, 0.1) is 0 Å². The molecule has 0 amide bonds. The van der Waals surface area contributed by atoms with Crippen LogP contribution in [0.3, 0.4) is 0 Å². The summed E-state index contributed by atoms with van der Waals surface area (Å²) in [4.78, 5) is 14.7. The molecule has 7 rings (SSSR count). The Kier molecular flexibility index (Phi) is 3.55. The van der Waals surface area contributed by atoms with Gasteiger partial charge in [0, 0.05) is 33.7 Å². The molecule has 2 heterocycles. The molecule has 3 heteroatoms. The summed E-state index contributed by atoms with van der Waals surface area (Å²) >= 11 is 0. The number of nitrogens with zero attached hydrogens (tertiary/aromatic N) is 3. The van der Waals surface area contributed by atoms with Gasteiger partial charge in [-0.25, -0.2) is 9.97 Å². The lowest BCUT2D eigenvalue weighted by Crippen LogP contribution is -1.93. The van der Waals surface area contributed by atoms with Crippen LogP contribution in [0.15, 0.2) is 103 Å². The molecule has 0 bridgehead atoms. The smallest absolute Gasteiger partial charge is 0.160 e. The van der Waals surface area contributed by atoms with E-state index in [1.807, 2.05) is 12.3 Å². The first kappa shape index (κ1) is 17.3. The average Bonchev–Trinajstić information content (AvgIpc) is 3.19. The van der Waals surface area contributed by atoms with E-state index in [4.69, 9.17) is 15.0 Å². The predicted molar refractivity (Wildman–Crippen MR) is 130 cm³/mol. The molecule has 4 aromatic carbocycles. The highest BCUT2D eigenvalue weighted by atomic mass is 14.9. The zero-order valence-corrected chi connectivity index (χ0v) is 17.2. The molecule has 0 radical (unpaired) electrons. The van der Waals surface area contributed by atoms with Crippen molar-refractivity contribution in [3.05, 3.63) is 103 Å². The van der Waals surface area contributed by atoms with Gasteiger partial charge in [0.15, 0.2) is 5.82 Å². The van der Waals surface area contributed by atoms with Crippen LogP contribution in [0.5, 0.6) is 0 Å². The molecule has 1 aliphatic rings. The number of pyridine rings is 1. The van der Waals surface area contributed by atoms with Gasteiger partial charge in [0.2, 0.25) is 0 Å². The molecular formula is C29H17N3. The van der Waals surface area contributed by atoms with E-state index in [2.05, 4.69) is 91.0 Å². The van der Waals surface area contributed by atoms with Crippen LogP contribution in [-0.2, 0) is 0 Å². The Hall–Kier alpha value is -4.37. The number of hydrogen-bond donors (Lipinski definition) is 0. The summed E-state index contributed by atoms with van der Waals surface area (Å²) in [6.07, 6.45) is 1.93. The first-order chi connectivity index (χ1) is 15.8. The number of aromatic nitrogens is 3. The van der Waals surface area contributed by atoms with Gasteiger partial charge in [0.25, 0.3) is 0 Å². The van der Waals surface area contributed by atoms with Gasteiger partial charge in [-0.3, -0.25) is 4.98 Å². The second-order valence-corrected chi connectivity index (χ2v) is 8.14. The normalized spacial score (nSPS) is 11.8. The summed E-state index contributed by atoms with van der Waals surface area (Å²) in [5.74, 6) is 0.740. The zero-order chi connectivity index (χ0) is 21.1. The largest absolute Gasteiger partial charge is 0.256 e. The first-order valence-corrected chi connectivity index (χ1v) is 10.7. The van der Waals surface area contributed by atoms with E-state index in [-0.39, 0.29) is 0 Å². The molecular weight excluding hydrogens is 390 g/mol. The Morgan fingerprint density at radius 2 is 1.28 bits per heavy atom. The molecule has 0 N–H and O–H groups in total. The van der Waals surface area contributed by atoms with Gasteiger partial charge in [-0.2, -0.15) is 0 Å². The molecule has 3 nitrogen and oxygen atoms in total. The highest BCUT2D eigenvalue weighted by molar-refractivity contribution is 6.13.